The van der Waals surface area contributed by atoms with E-state index in [9.17, 15) is 39.9 Å². The van der Waals surface area contributed by atoms with Crippen LogP contribution in [0.25, 0.3) is 0 Å². The Morgan fingerprint density at radius 2 is 1.09 bits per heavy atom. The van der Waals surface area contributed by atoms with Gasteiger partial charge < -0.3 is 35.4 Å². The first-order valence-electron chi connectivity index (χ1n) is 10.1. The van der Waals surface area contributed by atoms with Gasteiger partial charge in [-0.05, 0) is 0 Å². The van der Waals surface area contributed by atoms with E-state index in [0.717, 1.165) is 0 Å². The van der Waals surface area contributed by atoms with E-state index in [2.05, 4.69) is 0 Å². The van der Waals surface area contributed by atoms with Crippen LogP contribution in [0.4, 0.5) is 0 Å². The fourth-order valence-electron chi connectivity index (χ4n) is 3.53. The summed E-state index contributed by atoms with van der Waals surface area (Å²) in [4.78, 5) is 40.0. The molecule has 13 nitrogen and oxygen atoms in total. The van der Waals surface area contributed by atoms with Crippen molar-refractivity contribution in [1.29, 1.82) is 0 Å². The maximum absolute atomic E-state index is 11.2. The molecule has 1 aliphatic heterocycles. The standard InChI is InChI=1S/C18H34N4O9.Na/c23-12-14(15(25)13-24)22-7-5-20(10-17(28)29)3-1-19(9-16(26)27)2-4-21(6-8-22)11-18(30)31;/h14-15,23-25H,1-13H2,(H,26,27)(H,28,29)(H,30,31);/q;+1/p-1/t14-,15-;/m1./s1. The minimum absolute atomic E-state index is 0. The van der Waals surface area contributed by atoms with Crippen LogP contribution in [0.2, 0.25) is 0 Å². The predicted molar refractivity (Wildman–Crippen MR) is 105 cm³/mol. The van der Waals surface area contributed by atoms with Crippen LogP contribution in [0.1, 0.15) is 0 Å². The van der Waals surface area contributed by atoms with Crippen molar-refractivity contribution in [2.75, 3.05) is 85.2 Å². The van der Waals surface area contributed by atoms with Crippen LogP contribution in [0, 0.1) is 0 Å². The number of carbonyl (C=O) groups is 3. The number of aliphatic hydroxyl groups excluding tert-OH is 3. The Hall–Kier alpha value is -0.870. The molecule has 0 aliphatic carbocycles. The van der Waals surface area contributed by atoms with Gasteiger partial charge in [0.15, 0.2) is 0 Å². The fraction of sp³-hybridized carbons (Fsp3) is 0.833. The number of nitrogens with zero attached hydrogens (tertiary/aromatic N) is 4. The Morgan fingerprint density at radius 3 is 1.41 bits per heavy atom. The molecule has 0 unspecified atom stereocenters. The first-order valence-corrected chi connectivity index (χ1v) is 10.1. The molecule has 2 atom stereocenters. The SMILES string of the molecule is O=C([O-])CN1CCN(CC(=O)O)CCN(CC(=O)O)CCN([C@H](CO)[C@H](O)CO)CC1.[Na+]. The van der Waals surface area contributed by atoms with Crippen LogP contribution in [-0.2, 0) is 14.4 Å². The van der Waals surface area contributed by atoms with Gasteiger partial charge in [0, 0.05) is 58.9 Å². The fourth-order valence-corrected chi connectivity index (χ4v) is 3.53. The molecule has 0 amide bonds. The van der Waals surface area contributed by atoms with Gasteiger partial charge >= 0.3 is 41.5 Å². The third-order valence-corrected chi connectivity index (χ3v) is 5.23. The van der Waals surface area contributed by atoms with Crippen molar-refractivity contribution >= 4 is 17.9 Å². The molecule has 0 aromatic rings. The van der Waals surface area contributed by atoms with Gasteiger partial charge in [-0.1, -0.05) is 0 Å². The zero-order chi connectivity index (χ0) is 23.4. The van der Waals surface area contributed by atoms with Crippen molar-refractivity contribution in [2.45, 2.75) is 12.1 Å². The van der Waals surface area contributed by atoms with Crippen molar-refractivity contribution in [1.82, 2.24) is 19.6 Å². The first-order chi connectivity index (χ1) is 14.7. The number of carboxylic acids is 3. The Balaban J connectivity index is 0.00000961. The number of rotatable bonds is 10. The van der Waals surface area contributed by atoms with Gasteiger partial charge in [0.2, 0.25) is 0 Å². The molecule has 0 aromatic carbocycles. The molecule has 1 aliphatic rings. The molecule has 0 saturated carbocycles. The number of aliphatic hydroxyl groups is 3. The second kappa shape index (κ2) is 16.7. The van der Waals surface area contributed by atoms with Gasteiger partial charge in [-0.2, -0.15) is 0 Å². The van der Waals surface area contributed by atoms with Crippen LogP contribution >= 0.6 is 0 Å². The van der Waals surface area contributed by atoms with Gasteiger partial charge in [0.05, 0.1) is 44.4 Å². The number of carboxylic acid groups (broad SMARTS) is 3. The zero-order valence-corrected chi connectivity index (χ0v) is 20.5. The third-order valence-electron chi connectivity index (χ3n) is 5.23. The minimum Gasteiger partial charge on any atom is -0.549 e. The van der Waals surface area contributed by atoms with Crippen molar-refractivity contribution in [3.05, 3.63) is 0 Å². The van der Waals surface area contributed by atoms with Gasteiger partial charge in [0.1, 0.15) is 0 Å². The van der Waals surface area contributed by atoms with E-state index < -0.39 is 43.3 Å². The Kier molecular flexibility index (Phi) is 16.2. The molecule has 0 bridgehead atoms. The van der Waals surface area contributed by atoms with Gasteiger partial charge in [0.25, 0.3) is 0 Å². The van der Waals surface area contributed by atoms with Crippen LogP contribution in [0.15, 0.2) is 0 Å². The Bertz CT molecular complexity index is 555. The van der Waals surface area contributed by atoms with Crippen molar-refractivity contribution in [3.63, 3.8) is 0 Å². The monoisotopic (exact) mass is 472 g/mol. The molecule has 180 valence electrons. The van der Waals surface area contributed by atoms with E-state index in [1.165, 1.54) is 0 Å². The smallest absolute Gasteiger partial charge is 0.549 e. The maximum Gasteiger partial charge on any atom is 1.00 e. The summed E-state index contributed by atoms with van der Waals surface area (Å²) < 4.78 is 0. The molecule has 0 radical (unpaired) electrons. The molecule has 0 aromatic heterocycles. The van der Waals surface area contributed by atoms with Crippen LogP contribution in [0.5, 0.6) is 0 Å². The summed E-state index contributed by atoms with van der Waals surface area (Å²) in [5.41, 5.74) is 0. The second-order valence-electron chi connectivity index (χ2n) is 7.52. The molecule has 1 rings (SSSR count). The van der Waals surface area contributed by atoms with E-state index in [0.29, 0.717) is 0 Å². The van der Waals surface area contributed by atoms with Crippen LogP contribution < -0.4 is 34.7 Å². The largest absolute Gasteiger partial charge is 1.00 e. The zero-order valence-electron chi connectivity index (χ0n) is 18.5. The van der Waals surface area contributed by atoms with Gasteiger partial charge in [-0.25, -0.2) is 0 Å². The summed E-state index contributed by atoms with van der Waals surface area (Å²) in [6.45, 7) is 0.0474. The maximum atomic E-state index is 11.2. The molecule has 1 fully saturated rings. The van der Waals surface area contributed by atoms with Gasteiger partial charge in [-0.3, -0.25) is 29.2 Å². The van der Waals surface area contributed by atoms with Crippen LogP contribution in [-0.4, -0.2) is 160 Å². The van der Waals surface area contributed by atoms with E-state index >= 15 is 0 Å². The first kappa shape index (κ1) is 31.1. The van der Waals surface area contributed by atoms with Crippen LogP contribution in [0.3, 0.4) is 0 Å². The molecule has 1 heterocycles. The quantitative estimate of drug-likeness (QED) is 0.189. The average molecular weight is 472 g/mol. The molecule has 32 heavy (non-hydrogen) atoms. The molecule has 5 N–H and O–H groups in total. The van der Waals surface area contributed by atoms with E-state index in [4.69, 9.17) is 5.11 Å². The normalized spacial score (nSPS) is 20.3. The molecule has 0 spiro atoms. The molecular formula is C18H33N4NaO9. The number of aliphatic carboxylic acids is 3. The minimum atomic E-state index is -1.29. The third kappa shape index (κ3) is 12.4. The topological polar surface area (TPSA) is 188 Å². The van der Waals surface area contributed by atoms with E-state index in [1.807, 2.05) is 0 Å². The van der Waals surface area contributed by atoms with Crippen molar-refractivity contribution in [2.24, 2.45) is 0 Å². The molecular weight excluding hydrogens is 439 g/mol. The Morgan fingerprint density at radius 1 is 0.719 bits per heavy atom. The summed E-state index contributed by atoms with van der Waals surface area (Å²) >= 11 is 0. The van der Waals surface area contributed by atoms with Crippen molar-refractivity contribution in [3.8, 4) is 0 Å². The summed E-state index contributed by atoms with van der Waals surface area (Å²) in [7, 11) is 0. The molecule has 1 saturated heterocycles. The summed E-state index contributed by atoms with van der Waals surface area (Å²) in [6, 6.07) is -0.812. The molecule has 14 heteroatoms. The summed E-state index contributed by atoms with van der Waals surface area (Å²) in [6.07, 6.45) is -1.23. The van der Waals surface area contributed by atoms with Gasteiger partial charge in [-0.15, -0.1) is 0 Å². The summed E-state index contributed by atoms with van der Waals surface area (Å²) in [5.74, 6) is -3.37. The second-order valence-corrected chi connectivity index (χ2v) is 7.52. The number of hydrogen-bond donors (Lipinski definition) is 5. The van der Waals surface area contributed by atoms with E-state index in [1.54, 1.807) is 19.6 Å². The number of carbonyl (C=O) groups excluding carboxylic acids is 1. The Labute approximate surface area is 209 Å². The average Bonchev–Trinajstić information content (AvgIpc) is 2.68. The van der Waals surface area contributed by atoms with Crippen molar-refractivity contribution < 1.29 is 74.6 Å². The number of hydrogen-bond acceptors (Lipinski definition) is 11. The predicted octanol–water partition coefficient (Wildman–Crippen LogP) is -8.15. The van der Waals surface area contributed by atoms with E-state index in [-0.39, 0.29) is 102 Å². The summed E-state index contributed by atoms with van der Waals surface area (Å²) in [5, 5.41) is 58.5.